The number of piperidine rings is 2. The number of halogens is 1. The lowest BCUT2D eigenvalue weighted by Crippen LogP contribution is -2.45. The Morgan fingerprint density at radius 2 is 1.88 bits per heavy atom. The van der Waals surface area contributed by atoms with Crippen LogP contribution >= 0.6 is 23.4 Å². The Kier molecular flexibility index (Phi) is 7.75. The number of ether oxygens (including phenoxy) is 3. The van der Waals surface area contributed by atoms with Crippen molar-refractivity contribution in [1.29, 1.82) is 0 Å². The second-order valence-electron chi connectivity index (χ2n) is 8.12. The molecular formula is C21H29ClN4O5S. The van der Waals surface area contributed by atoms with Crippen LogP contribution in [-0.2, 0) is 23.8 Å². The molecule has 176 valence electrons. The molecule has 0 atom stereocenters. The number of amides is 1. The highest BCUT2D eigenvalue weighted by atomic mass is 35.5. The lowest BCUT2D eigenvalue weighted by molar-refractivity contribution is -0.169. The molecule has 1 aromatic heterocycles. The zero-order valence-electron chi connectivity index (χ0n) is 18.3. The summed E-state index contributed by atoms with van der Waals surface area (Å²) in [5.41, 5.74) is 0. The number of nitrogens with zero attached hydrogens (tertiary/aromatic N) is 4. The molecule has 32 heavy (non-hydrogen) atoms. The number of anilines is 1. The SMILES string of the molecule is CCOC(=O)C1CCN(C(=O)CSc2nc(Cl)cc(N3CCC4(CC3)OCCO4)n2)CC1. The molecule has 3 aliphatic heterocycles. The van der Waals surface area contributed by atoms with Gasteiger partial charge in [-0.05, 0) is 19.8 Å². The van der Waals surface area contributed by atoms with Gasteiger partial charge in [-0.3, -0.25) is 9.59 Å². The Morgan fingerprint density at radius 1 is 1.19 bits per heavy atom. The molecule has 1 spiro atoms. The number of carbonyl (C=O) groups excluding carboxylic acids is 2. The van der Waals surface area contributed by atoms with Crippen LogP contribution in [0.2, 0.25) is 5.15 Å². The van der Waals surface area contributed by atoms with E-state index >= 15 is 0 Å². The van der Waals surface area contributed by atoms with E-state index in [-0.39, 0.29) is 23.5 Å². The van der Waals surface area contributed by atoms with Crippen molar-refractivity contribution in [3.8, 4) is 0 Å². The molecule has 0 unspecified atom stereocenters. The van der Waals surface area contributed by atoms with Gasteiger partial charge in [-0.25, -0.2) is 9.97 Å². The summed E-state index contributed by atoms with van der Waals surface area (Å²) >= 11 is 7.53. The van der Waals surface area contributed by atoms with E-state index in [1.165, 1.54) is 11.8 Å². The van der Waals surface area contributed by atoms with Crippen molar-refractivity contribution >= 4 is 41.1 Å². The molecule has 0 aromatic carbocycles. The Bertz CT molecular complexity index is 820. The highest BCUT2D eigenvalue weighted by molar-refractivity contribution is 7.99. The van der Waals surface area contributed by atoms with Gasteiger partial charge in [-0.15, -0.1) is 0 Å². The van der Waals surface area contributed by atoms with E-state index in [4.69, 9.17) is 25.8 Å². The van der Waals surface area contributed by atoms with E-state index in [1.807, 2.05) is 0 Å². The molecule has 4 heterocycles. The molecule has 0 N–H and O–H groups in total. The number of thioether (sulfide) groups is 1. The molecule has 11 heteroatoms. The van der Waals surface area contributed by atoms with Gasteiger partial charge in [0.05, 0.1) is 31.5 Å². The lowest BCUT2D eigenvalue weighted by atomic mass is 9.97. The molecule has 3 saturated heterocycles. The van der Waals surface area contributed by atoms with Gasteiger partial charge in [0.1, 0.15) is 11.0 Å². The summed E-state index contributed by atoms with van der Waals surface area (Å²) in [7, 11) is 0. The van der Waals surface area contributed by atoms with Crippen molar-refractivity contribution in [3.05, 3.63) is 11.2 Å². The van der Waals surface area contributed by atoms with Crippen LogP contribution in [0.25, 0.3) is 0 Å². The number of rotatable bonds is 6. The maximum Gasteiger partial charge on any atom is 0.309 e. The number of hydrogen-bond donors (Lipinski definition) is 0. The van der Waals surface area contributed by atoms with Gasteiger partial charge in [0.25, 0.3) is 0 Å². The number of esters is 1. The van der Waals surface area contributed by atoms with Crippen molar-refractivity contribution < 1.29 is 23.8 Å². The first kappa shape index (κ1) is 23.5. The van der Waals surface area contributed by atoms with E-state index in [9.17, 15) is 9.59 Å². The molecule has 3 fully saturated rings. The van der Waals surface area contributed by atoms with Gasteiger partial charge in [-0.1, -0.05) is 23.4 Å². The molecule has 0 saturated carbocycles. The predicted molar refractivity (Wildman–Crippen MR) is 120 cm³/mol. The normalized spacial score (nSPS) is 21.2. The third-order valence-electron chi connectivity index (χ3n) is 6.12. The summed E-state index contributed by atoms with van der Waals surface area (Å²) in [6, 6.07) is 1.75. The average Bonchev–Trinajstić information content (AvgIpc) is 3.25. The highest BCUT2D eigenvalue weighted by Crippen LogP contribution is 2.33. The topological polar surface area (TPSA) is 94.1 Å². The third-order valence-corrected chi connectivity index (χ3v) is 7.14. The third kappa shape index (κ3) is 5.65. The van der Waals surface area contributed by atoms with Crippen molar-refractivity contribution in [3.63, 3.8) is 0 Å². The first-order chi connectivity index (χ1) is 15.5. The summed E-state index contributed by atoms with van der Waals surface area (Å²) < 4.78 is 16.7. The zero-order chi connectivity index (χ0) is 22.6. The summed E-state index contributed by atoms with van der Waals surface area (Å²) in [4.78, 5) is 37.4. The Labute approximate surface area is 197 Å². The molecule has 0 bridgehead atoms. The van der Waals surface area contributed by atoms with Crippen LogP contribution in [-0.4, -0.2) is 84.3 Å². The summed E-state index contributed by atoms with van der Waals surface area (Å²) in [6.07, 6.45) is 2.82. The first-order valence-corrected chi connectivity index (χ1v) is 12.5. The average molecular weight is 485 g/mol. The van der Waals surface area contributed by atoms with Crippen molar-refractivity contribution in [2.24, 2.45) is 5.92 Å². The number of carbonyl (C=O) groups is 2. The molecule has 4 rings (SSSR count). The number of likely N-dealkylation sites (tertiary alicyclic amines) is 1. The van der Waals surface area contributed by atoms with Crippen molar-refractivity contribution in [1.82, 2.24) is 14.9 Å². The van der Waals surface area contributed by atoms with Gasteiger partial charge in [0.15, 0.2) is 10.9 Å². The molecule has 1 aromatic rings. The minimum atomic E-state index is -0.446. The van der Waals surface area contributed by atoms with Crippen LogP contribution in [0.1, 0.15) is 32.6 Å². The van der Waals surface area contributed by atoms with Crippen molar-refractivity contribution in [2.45, 2.75) is 43.6 Å². The fourth-order valence-electron chi connectivity index (χ4n) is 4.32. The molecule has 0 aliphatic carbocycles. The molecule has 9 nitrogen and oxygen atoms in total. The van der Waals surface area contributed by atoms with Gasteiger partial charge in [0.2, 0.25) is 5.91 Å². The quantitative estimate of drug-likeness (QED) is 0.261. The number of aromatic nitrogens is 2. The minimum absolute atomic E-state index is 0.0119. The van der Waals surface area contributed by atoms with Crippen LogP contribution < -0.4 is 4.90 Å². The molecule has 1 amide bonds. The highest BCUT2D eigenvalue weighted by Gasteiger charge is 2.40. The van der Waals surface area contributed by atoms with Crippen LogP contribution in [0, 0.1) is 5.92 Å². The maximum absolute atomic E-state index is 12.7. The van der Waals surface area contributed by atoms with E-state index in [1.54, 1.807) is 17.9 Å². The van der Waals surface area contributed by atoms with Crippen molar-refractivity contribution in [2.75, 3.05) is 56.7 Å². The summed E-state index contributed by atoms with van der Waals surface area (Å²) in [5.74, 6) is 0.269. The second kappa shape index (κ2) is 10.5. The zero-order valence-corrected chi connectivity index (χ0v) is 19.8. The molecule has 0 radical (unpaired) electrons. The maximum atomic E-state index is 12.7. The summed E-state index contributed by atoms with van der Waals surface area (Å²) in [5, 5.41) is 0.838. The Hall–Kier alpha value is -1.62. The van der Waals surface area contributed by atoms with Gasteiger partial charge in [0, 0.05) is 45.1 Å². The summed E-state index contributed by atoms with van der Waals surface area (Å²) in [6.45, 7) is 6.11. The van der Waals surface area contributed by atoms with Crippen LogP contribution in [0.4, 0.5) is 5.82 Å². The van der Waals surface area contributed by atoms with Crippen LogP contribution in [0.15, 0.2) is 11.2 Å². The fourth-order valence-corrected chi connectivity index (χ4v) is 5.30. The Balaban J connectivity index is 1.28. The van der Waals surface area contributed by atoms with Crippen LogP contribution in [0.5, 0.6) is 0 Å². The van der Waals surface area contributed by atoms with Gasteiger partial charge in [-0.2, -0.15) is 0 Å². The fraction of sp³-hybridized carbons (Fsp3) is 0.714. The smallest absolute Gasteiger partial charge is 0.309 e. The van der Waals surface area contributed by atoms with Gasteiger partial charge >= 0.3 is 5.97 Å². The Morgan fingerprint density at radius 3 is 2.53 bits per heavy atom. The van der Waals surface area contributed by atoms with E-state index in [2.05, 4.69) is 14.9 Å². The minimum Gasteiger partial charge on any atom is -0.466 e. The second-order valence-corrected chi connectivity index (χ2v) is 9.45. The first-order valence-electron chi connectivity index (χ1n) is 11.1. The lowest BCUT2D eigenvalue weighted by Gasteiger charge is -2.38. The van der Waals surface area contributed by atoms with E-state index < -0.39 is 5.79 Å². The molecule has 3 aliphatic rings. The van der Waals surface area contributed by atoms with Gasteiger partial charge < -0.3 is 24.0 Å². The largest absolute Gasteiger partial charge is 0.466 e. The molecular weight excluding hydrogens is 456 g/mol. The monoisotopic (exact) mass is 484 g/mol. The van der Waals surface area contributed by atoms with E-state index in [0.717, 1.165) is 31.7 Å². The predicted octanol–water partition coefficient (Wildman–Crippen LogP) is 2.37. The van der Waals surface area contributed by atoms with Crippen LogP contribution in [0.3, 0.4) is 0 Å². The standard InChI is InChI=1S/C21H29ClN4O5S/c1-2-29-19(28)15-3-7-26(8-4-15)18(27)14-32-20-23-16(22)13-17(24-20)25-9-5-21(6-10-25)30-11-12-31-21/h13,15H,2-12,14H2,1H3. The number of hydrogen-bond acceptors (Lipinski definition) is 9. The van der Waals surface area contributed by atoms with E-state index in [0.29, 0.717) is 56.1 Å².